The van der Waals surface area contributed by atoms with Crippen LogP contribution in [-0.2, 0) is 10.0 Å². The van der Waals surface area contributed by atoms with Crippen LogP contribution in [0.25, 0.3) is 0 Å². The molecule has 1 aromatic carbocycles. The van der Waals surface area contributed by atoms with Crippen LogP contribution < -0.4 is 4.72 Å². The maximum Gasteiger partial charge on any atom is 0.240 e. The SMILES string of the molecule is CC(Cl)CCCNS(=O)(=O)c1ccccc1. The van der Waals surface area contributed by atoms with Gasteiger partial charge in [0.05, 0.1) is 4.90 Å². The monoisotopic (exact) mass is 261 g/mol. The highest BCUT2D eigenvalue weighted by Crippen LogP contribution is 2.08. The lowest BCUT2D eigenvalue weighted by atomic mass is 10.2. The van der Waals surface area contributed by atoms with Crippen molar-refractivity contribution >= 4 is 21.6 Å². The summed E-state index contributed by atoms with van der Waals surface area (Å²) >= 11 is 5.77. The van der Waals surface area contributed by atoms with Crippen LogP contribution in [0.4, 0.5) is 0 Å². The topological polar surface area (TPSA) is 46.2 Å². The fourth-order valence-corrected chi connectivity index (χ4v) is 2.52. The van der Waals surface area contributed by atoms with Crippen molar-refractivity contribution in [1.82, 2.24) is 4.72 Å². The summed E-state index contributed by atoms with van der Waals surface area (Å²) in [5.74, 6) is 0. The zero-order valence-corrected chi connectivity index (χ0v) is 10.8. The third-order valence-electron chi connectivity index (χ3n) is 2.12. The second-order valence-electron chi connectivity index (χ2n) is 3.63. The molecule has 16 heavy (non-hydrogen) atoms. The Morgan fingerprint density at radius 3 is 2.50 bits per heavy atom. The highest BCUT2D eigenvalue weighted by molar-refractivity contribution is 7.89. The zero-order chi connectivity index (χ0) is 12.0. The first-order chi connectivity index (χ1) is 7.52. The van der Waals surface area contributed by atoms with Crippen molar-refractivity contribution in [2.75, 3.05) is 6.54 Å². The van der Waals surface area contributed by atoms with E-state index in [9.17, 15) is 8.42 Å². The van der Waals surface area contributed by atoms with Gasteiger partial charge >= 0.3 is 0 Å². The fourth-order valence-electron chi connectivity index (χ4n) is 1.27. The van der Waals surface area contributed by atoms with E-state index in [1.807, 2.05) is 6.92 Å². The second-order valence-corrected chi connectivity index (χ2v) is 6.15. The lowest BCUT2D eigenvalue weighted by Gasteiger charge is -2.07. The molecule has 0 aliphatic rings. The summed E-state index contributed by atoms with van der Waals surface area (Å²) in [7, 11) is -3.35. The smallest absolute Gasteiger partial charge is 0.211 e. The van der Waals surface area contributed by atoms with E-state index in [1.54, 1.807) is 30.3 Å². The standard InChI is InChI=1S/C11H16ClNO2S/c1-10(12)6-5-9-13-16(14,15)11-7-3-2-4-8-11/h2-4,7-8,10,13H,5-6,9H2,1H3. The van der Waals surface area contributed by atoms with Gasteiger partial charge in [0.2, 0.25) is 10.0 Å². The van der Waals surface area contributed by atoms with Gasteiger partial charge in [-0.05, 0) is 31.9 Å². The summed E-state index contributed by atoms with van der Waals surface area (Å²) in [4.78, 5) is 0.300. The quantitative estimate of drug-likeness (QED) is 0.631. The zero-order valence-electron chi connectivity index (χ0n) is 9.19. The Bertz CT molecular complexity index is 403. The van der Waals surface area contributed by atoms with Crippen LogP contribution in [0.2, 0.25) is 0 Å². The van der Waals surface area contributed by atoms with Gasteiger partial charge in [0.1, 0.15) is 0 Å². The Hall–Kier alpha value is -0.580. The van der Waals surface area contributed by atoms with Gasteiger partial charge in [-0.2, -0.15) is 0 Å². The molecule has 0 aliphatic heterocycles. The Morgan fingerprint density at radius 1 is 1.31 bits per heavy atom. The van der Waals surface area contributed by atoms with Crippen LogP contribution >= 0.6 is 11.6 Å². The fraction of sp³-hybridized carbons (Fsp3) is 0.455. The number of nitrogens with one attached hydrogen (secondary N) is 1. The van der Waals surface area contributed by atoms with E-state index in [-0.39, 0.29) is 5.38 Å². The first-order valence-corrected chi connectivity index (χ1v) is 7.13. The summed E-state index contributed by atoms with van der Waals surface area (Å²) in [5.41, 5.74) is 0. The average molecular weight is 262 g/mol. The van der Waals surface area contributed by atoms with Gasteiger partial charge in [-0.25, -0.2) is 13.1 Å². The van der Waals surface area contributed by atoms with E-state index in [4.69, 9.17) is 11.6 Å². The number of rotatable bonds is 6. The summed E-state index contributed by atoms with van der Waals surface area (Å²) < 4.78 is 26.0. The molecule has 0 aliphatic carbocycles. The van der Waals surface area contributed by atoms with Crippen molar-refractivity contribution in [3.63, 3.8) is 0 Å². The molecule has 0 saturated heterocycles. The van der Waals surface area contributed by atoms with E-state index in [1.165, 1.54) is 0 Å². The molecule has 1 aromatic rings. The molecule has 1 rings (SSSR count). The molecule has 3 nitrogen and oxygen atoms in total. The third-order valence-corrected chi connectivity index (χ3v) is 3.82. The van der Waals surface area contributed by atoms with E-state index >= 15 is 0 Å². The minimum absolute atomic E-state index is 0.0845. The first-order valence-electron chi connectivity index (χ1n) is 5.21. The normalized spacial score (nSPS) is 13.6. The van der Waals surface area contributed by atoms with E-state index in [0.717, 1.165) is 12.8 Å². The molecular weight excluding hydrogens is 246 g/mol. The number of alkyl halides is 1. The molecular formula is C11H16ClNO2S. The molecule has 1 atom stereocenters. The van der Waals surface area contributed by atoms with Crippen LogP contribution in [0.1, 0.15) is 19.8 Å². The van der Waals surface area contributed by atoms with Crippen LogP contribution in [0.5, 0.6) is 0 Å². The van der Waals surface area contributed by atoms with Crippen molar-refractivity contribution in [1.29, 1.82) is 0 Å². The second kappa shape index (κ2) is 6.23. The molecule has 0 radical (unpaired) electrons. The van der Waals surface area contributed by atoms with Crippen LogP contribution in [0.3, 0.4) is 0 Å². The van der Waals surface area contributed by atoms with Gasteiger partial charge in [-0.1, -0.05) is 18.2 Å². The molecule has 0 heterocycles. The van der Waals surface area contributed by atoms with Gasteiger partial charge < -0.3 is 0 Å². The number of hydrogen-bond donors (Lipinski definition) is 1. The van der Waals surface area contributed by atoms with Crippen LogP contribution in [-0.4, -0.2) is 20.3 Å². The molecule has 0 fully saturated rings. The molecule has 5 heteroatoms. The minimum Gasteiger partial charge on any atom is -0.211 e. The Morgan fingerprint density at radius 2 is 1.94 bits per heavy atom. The summed E-state index contributed by atoms with van der Waals surface area (Å²) in [6, 6.07) is 8.35. The molecule has 1 unspecified atom stereocenters. The number of benzene rings is 1. The number of hydrogen-bond acceptors (Lipinski definition) is 2. The van der Waals surface area contributed by atoms with Gasteiger partial charge in [0.15, 0.2) is 0 Å². The maximum absolute atomic E-state index is 11.7. The Labute approximate surface area is 102 Å². The summed E-state index contributed by atoms with van der Waals surface area (Å²) in [6.45, 7) is 2.32. The van der Waals surface area contributed by atoms with E-state index in [2.05, 4.69) is 4.72 Å². The van der Waals surface area contributed by atoms with Gasteiger partial charge in [-0.15, -0.1) is 11.6 Å². The van der Waals surface area contributed by atoms with E-state index < -0.39 is 10.0 Å². The maximum atomic E-state index is 11.7. The third kappa shape index (κ3) is 4.51. The minimum atomic E-state index is -3.35. The molecule has 0 bridgehead atoms. The largest absolute Gasteiger partial charge is 0.240 e. The van der Waals surface area contributed by atoms with Crippen LogP contribution in [0.15, 0.2) is 35.2 Å². The van der Waals surface area contributed by atoms with Crippen molar-refractivity contribution in [2.24, 2.45) is 0 Å². The predicted octanol–water partition coefficient (Wildman–Crippen LogP) is 2.37. The molecule has 0 amide bonds. The molecule has 0 spiro atoms. The van der Waals surface area contributed by atoms with Crippen molar-refractivity contribution < 1.29 is 8.42 Å². The highest BCUT2D eigenvalue weighted by Gasteiger charge is 2.11. The Kier molecular flexibility index (Phi) is 5.25. The highest BCUT2D eigenvalue weighted by atomic mass is 35.5. The first kappa shape index (κ1) is 13.5. The number of halogens is 1. The van der Waals surface area contributed by atoms with Crippen LogP contribution in [0, 0.1) is 0 Å². The molecule has 0 aromatic heterocycles. The number of sulfonamides is 1. The summed E-state index contributed by atoms with van der Waals surface area (Å²) in [6.07, 6.45) is 1.55. The lowest BCUT2D eigenvalue weighted by molar-refractivity contribution is 0.576. The van der Waals surface area contributed by atoms with E-state index in [0.29, 0.717) is 11.4 Å². The van der Waals surface area contributed by atoms with Gasteiger partial charge in [0.25, 0.3) is 0 Å². The molecule has 1 N–H and O–H groups in total. The summed E-state index contributed by atoms with van der Waals surface area (Å²) in [5, 5.41) is 0.0845. The van der Waals surface area contributed by atoms with Gasteiger partial charge in [-0.3, -0.25) is 0 Å². The van der Waals surface area contributed by atoms with Crippen molar-refractivity contribution in [3.8, 4) is 0 Å². The van der Waals surface area contributed by atoms with Crippen molar-refractivity contribution in [3.05, 3.63) is 30.3 Å². The average Bonchev–Trinajstić information content (AvgIpc) is 2.26. The van der Waals surface area contributed by atoms with Crippen molar-refractivity contribution in [2.45, 2.75) is 30.0 Å². The molecule has 0 saturated carbocycles. The Balaban J connectivity index is 2.48. The molecule has 90 valence electrons. The predicted molar refractivity (Wildman–Crippen MR) is 66.2 cm³/mol. The lowest BCUT2D eigenvalue weighted by Crippen LogP contribution is -2.25. The van der Waals surface area contributed by atoms with Gasteiger partial charge in [0, 0.05) is 11.9 Å².